The topological polar surface area (TPSA) is 35.2 Å². The Morgan fingerprint density at radius 3 is 2.70 bits per heavy atom. The summed E-state index contributed by atoms with van der Waals surface area (Å²) in [5, 5.41) is 0.745. The normalized spacial score (nSPS) is 21.2. The van der Waals surface area contributed by atoms with E-state index in [0.29, 0.717) is 0 Å². The highest BCUT2D eigenvalue weighted by Gasteiger charge is 2.28. The third-order valence-corrected chi connectivity index (χ3v) is 4.42. The van der Waals surface area contributed by atoms with Crippen molar-refractivity contribution in [3.05, 3.63) is 62.6 Å². The quantitative estimate of drug-likeness (QED) is 0.789. The molecule has 2 nitrogen and oxygen atoms in total. The number of aryl methyl sites for hydroxylation is 1. The summed E-state index contributed by atoms with van der Waals surface area (Å²) in [6, 6.07) is 11.9. The molecule has 1 aliphatic heterocycles. The summed E-state index contributed by atoms with van der Waals surface area (Å²) in [5.41, 5.74) is 9.63. The molecule has 2 unspecified atom stereocenters. The van der Waals surface area contributed by atoms with Crippen molar-refractivity contribution in [3.63, 3.8) is 0 Å². The summed E-state index contributed by atoms with van der Waals surface area (Å²) in [4.78, 5) is 0. The van der Waals surface area contributed by atoms with E-state index in [1.54, 1.807) is 0 Å². The molecule has 0 saturated heterocycles. The number of hydrogen-bond acceptors (Lipinski definition) is 2. The van der Waals surface area contributed by atoms with Crippen molar-refractivity contribution >= 4 is 27.5 Å². The van der Waals surface area contributed by atoms with Crippen molar-refractivity contribution in [1.29, 1.82) is 0 Å². The first-order valence-electron chi connectivity index (χ1n) is 6.52. The van der Waals surface area contributed by atoms with E-state index in [0.717, 1.165) is 38.4 Å². The maximum atomic E-state index is 6.28. The summed E-state index contributed by atoms with van der Waals surface area (Å²) in [6.07, 6.45) is 0.751. The first kappa shape index (κ1) is 13.9. The van der Waals surface area contributed by atoms with Gasteiger partial charge in [-0.05, 0) is 42.3 Å². The lowest BCUT2D eigenvalue weighted by molar-refractivity contribution is 0.161. The molecule has 0 aliphatic carbocycles. The average molecular weight is 353 g/mol. The van der Waals surface area contributed by atoms with Crippen LogP contribution in [0.4, 0.5) is 0 Å². The highest BCUT2D eigenvalue weighted by Crippen LogP contribution is 2.41. The van der Waals surface area contributed by atoms with Crippen molar-refractivity contribution < 1.29 is 4.74 Å². The van der Waals surface area contributed by atoms with Crippen LogP contribution in [0.2, 0.25) is 5.02 Å². The fourth-order valence-corrected chi connectivity index (χ4v) is 3.23. The van der Waals surface area contributed by atoms with Crippen LogP contribution in [0.25, 0.3) is 0 Å². The highest BCUT2D eigenvalue weighted by molar-refractivity contribution is 9.10. The first-order valence-corrected chi connectivity index (χ1v) is 7.69. The molecule has 20 heavy (non-hydrogen) atoms. The van der Waals surface area contributed by atoms with E-state index in [2.05, 4.69) is 15.9 Å². The molecule has 2 atom stereocenters. The Morgan fingerprint density at radius 1 is 1.20 bits per heavy atom. The van der Waals surface area contributed by atoms with E-state index in [1.807, 2.05) is 43.3 Å². The largest absolute Gasteiger partial charge is 0.485 e. The van der Waals surface area contributed by atoms with Gasteiger partial charge in [0.2, 0.25) is 0 Å². The Bertz CT molecular complexity index is 659. The first-order chi connectivity index (χ1) is 9.54. The number of rotatable bonds is 1. The van der Waals surface area contributed by atoms with Gasteiger partial charge in [-0.15, -0.1) is 0 Å². The molecule has 0 spiro atoms. The van der Waals surface area contributed by atoms with Crippen LogP contribution in [0.1, 0.15) is 35.3 Å². The standard InChI is InChI=1S/C16H15BrClNO/c1-9-6-11(18)3-5-12(9)16-8-14(19)13-4-2-10(17)7-15(13)20-16/h2-7,14,16H,8,19H2,1H3. The molecule has 0 fully saturated rings. The molecule has 0 saturated carbocycles. The predicted octanol–water partition coefficient (Wildman–Crippen LogP) is 4.93. The van der Waals surface area contributed by atoms with Crippen LogP contribution in [0.3, 0.4) is 0 Å². The number of hydrogen-bond donors (Lipinski definition) is 1. The van der Waals surface area contributed by atoms with Crippen LogP contribution in [0.15, 0.2) is 40.9 Å². The zero-order chi connectivity index (χ0) is 14.3. The van der Waals surface area contributed by atoms with Gasteiger partial charge < -0.3 is 10.5 Å². The lowest BCUT2D eigenvalue weighted by Crippen LogP contribution is -2.24. The molecule has 2 aromatic rings. The minimum absolute atomic E-state index is 0.00747. The number of benzene rings is 2. The minimum Gasteiger partial charge on any atom is -0.485 e. The fraction of sp³-hybridized carbons (Fsp3) is 0.250. The SMILES string of the molecule is Cc1cc(Cl)ccc1C1CC(N)c2ccc(Br)cc2O1. The Balaban J connectivity index is 1.98. The van der Waals surface area contributed by atoms with Crippen molar-refractivity contribution in [3.8, 4) is 5.75 Å². The van der Waals surface area contributed by atoms with Gasteiger partial charge in [0.1, 0.15) is 11.9 Å². The maximum Gasteiger partial charge on any atom is 0.126 e. The second-order valence-corrected chi connectivity index (χ2v) is 6.48. The van der Waals surface area contributed by atoms with E-state index < -0.39 is 0 Å². The Hall–Kier alpha value is -1.03. The van der Waals surface area contributed by atoms with Gasteiger partial charge in [-0.1, -0.05) is 39.7 Å². The van der Waals surface area contributed by atoms with Crippen molar-refractivity contribution in [2.24, 2.45) is 5.73 Å². The minimum atomic E-state index is -0.0240. The Morgan fingerprint density at radius 2 is 1.95 bits per heavy atom. The molecular weight excluding hydrogens is 338 g/mol. The number of fused-ring (bicyclic) bond motifs is 1. The van der Waals surface area contributed by atoms with Crippen LogP contribution >= 0.6 is 27.5 Å². The third-order valence-electron chi connectivity index (χ3n) is 3.69. The molecule has 0 amide bonds. The number of halogens is 2. The van der Waals surface area contributed by atoms with Gasteiger partial charge in [-0.2, -0.15) is 0 Å². The van der Waals surface area contributed by atoms with Crippen LogP contribution in [-0.4, -0.2) is 0 Å². The highest BCUT2D eigenvalue weighted by atomic mass is 79.9. The second kappa shape index (κ2) is 5.40. The number of nitrogens with two attached hydrogens (primary N) is 1. The molecule has 1 aliphatic rings. The molecule has 0 radical (unpaired) electrons. The predicted molar refractivity (Wildman–Crippen MR) is 85.2 cm³/mol. The van der Waals surface area contributed by atoms with E-state index in [-0.39, 0.29) is 12.1 Å². The summed E-state index contributed by atoms with van der Waals surface area (Å²) in [6.45, 7) is 2.05. The van der Waals surface area contributed by atoms with Crippen molar-refractivity contribution in [2.75, 3.05) is 0 Å². The number of ether oxygens (including phenoxy) is 1. The maximum absolute atomic E-state index is 6.28. The van der Waals surface area contributed by atoms with E-state index in [4.69, 9.17) is 22.1 Å². The summed E-state index contributed by atoms with van der Waals surface area (Å²) in [5.74, 6) is 0.859. The zero-order valence-electron chi connectivity index (χ0n) is 11.1. The molecule has 4 heteroatoms. The summed E-state index contributed by atoms with van der Waals surface area (Å²) >= 11 is 9.49. The van der Waals surface area contributed by atoms with Gasteiger partial charge in [-0.3, -0.25) is 0 Å². The molecule has 2 N–H and O–H groups in total. The van der Waals surface area contributed by atoms with Gasteiger partial charge in [0.25, 0.3) is 0 Å². The Kier molecular flexibility index (Phi) is 3.76. The van der Waals surface area contributed by atoms with E-state index in [1.165, 1.54) is 0 Å². The van der Waals surface area contributed by atoms with Gasteiger partial charge in [0.05, 0.1) is 0 Å². The lowest BCUT2D eigenvalue weighted by Gasteiger charge is -2.31. The monoisotopic (exact) mass is 351 g/mol. The summed E-state index contributed by atoms with van der Waals surface area (Å²) < 4.78 is 7.13. The third kappa shape index (κ3) is 2.58. The molecule has 104 valence electrons. The second-order valence-electron chi connectivity index (χ2n) is 5.13. The van der Waals surface area contributed by atoms with E-state index in [9.17, 15) is 0 Å². The smallest absolute Gasteiger partial charge is 0.126 e. The molecule has 3 rings (SSSR count). The van der Waals surface area contributed by atoms with E-state index >= 15 is 0 Å². The zero-order valence-corrected chi connectivity index (χ0v) is 13.4. The van der Waals surface area contributed by atoms with Crippen LogP contribution in [0.5, 0.6) is 5.75 Å². The Labute approximate surface area is 132 Å². The van der Waals surface area contributed by atoms with Crippen LogP contribution < -0.4 is 10.5 Å². The summed E-state index contributed by atoms with van der Waals surface area (Å²) in [7, 11) is 0. The van der Waals surface area contributed by atoms with Gasteiger partial charge >= 0.3 is 0 Å². The van der Waals surface area contributed by atoms with Crippen LogP contribution in [0, 0.1) is 6.92 Å². The average Bonchev–Trinajstić information content (AvgIpc) is 2.37. The van der Waals surface area contributed by atoms with Gasteiger partial charge in [0.15, 0.2) is 0 Å². The van der Waals surface area contributed by atoms with Crippen molar-refractivity contribution in [2.45, 2.75) is 25.5 Å². The van der Waals surface area contributed by atoms with Crippen molar-refractivity contribution in [1.82, 2.24) is 0 Å². The molecular formula is C16H15BrClNO. The van der Waals surface area contributed by atoms with Gasteiger partial charge in [0, 0.05) is 27.5 Å². The molecule has 1 heterocycles. The fourth-order valence-electron chi connectivity index (χ4n) is 2.67. The van der Waals surface area contributed by atoms with Gasteiger partial charge in [-0.25, -0.2) is 0 Å². The lowest BCUT2D eigenvalue weighted by atomic mass is 9.92. The van der Waals surface area contributed by atoms with Crippen LogP contribution in [-0.2, 0) is 0 Å². The molecule has 0 bridgehead atoms. The molecule has 2 aromatic carbocycles. The molecule has 0 aromatic heterocycles.